The first-order valence-electron chi connectivity index (χ1n) is 38.9. The van der Waals surface area contributed by atoms with E-state index in [1.54, 1.807) is 6.08 Å². The maximum atomic E-state index is 13.2. The molecule has 1 aliphatic rings. The Balaban J connectivity index is 2.12. The Kier molecular flexibility index (Phi) is 66.8. The van der Waals surface area contributed by atoms with Gasteiger partial charge in [-0.15, -0.1) is 0 Å². The molecule has 0 saturated carbocycles. The maximum absolute atomic E-state index is 13.2. The van der Waals surface area contributed by atoms with Crippen LogP contribution in [0.2, 0.25) is 0 Å². The quantitative estimate of drug-likeness (QED) is 0.0261. The zero-order valence-electron chi connectivity index (χ0n) is 60.0. The second-order valence-electron chi connectivity index (χ2n) is 26.4. The lowest BCUT2D eigenvalue weighted by molar-refractivity contribution is -0.302. The van der Waals surface area contributed by atoms with Gasteiger partial charge in [-0.25, -0.2) is 0 Å². The molecule has 7 unspecified atom stereocenters. The van der Waals surface area contributed by atoms with Crippen LogP contribution in [0.1, 0.15) is 335 Å². The molecule has 93 heavy (non-hydrogen) atoms. The minimum atomic E-state index is -1.58. The number of hydrogen-bond acceptors (Lipinski definition) is 8. The van der Waals surface area contributed by atoms with Crippen LogP contribution in [0.5, 0.6) is 0 Å². The van der Waals surface area contributed by atoms with Gasteiger partial charge in [-0.1, -0.05) is 359 Å². The Morgan fingerprint density at radius 3 is 1.03 bits per heavy atom. The molecular formula is C84H145NO8. The van der Waals surface area contributed by atoms with Crippen LogP contribution < -0.4 is 5.32 Å². The van der Waals surface area contributed by atoms with Gasteiger partial charge in [0, 0.05) is 6.42 Å². The standard InChI is InChI=1S/C84H145NO8/c1-3-5-7-9-11-13-15-17-19-21-23-25-27-29-31-33-34-35-36-37-38-39-40-41-42-43-44-46-48-50-52-54-56-58-60-62-64-66-68-70-72-74-80(88)85-77(76-92-84-83(91)82(90)81(89)79(75-86)93-84)78(87)73-71-69-67-65-63-61-59-57-55-53-51-49-47-45-32-30-28-26-24-22-20-18-16-14-12-10-8-6-4-2/h5,7,11,13,17,19,23,25,29,31,34-35,37-38,40-41,43-44,63,65,71,73,77-79,81-84,86-87,89-91H,3-4,6,8-10,12,14-16,18,20-22,24,26-28,30,32-33,36,39,42,45-62,64,66-70,72,74-76H2,1-2H3,(H,85,88)/b7-5-,13-11-,19-17-,25-23-,31-29-,35-34-,38-37-,41-40-,44-43-,65-63+,73-71+. The van der Waals surface area contributed by atoms with E-state index in [1.165, 1.54) is 218 Å². The lowest BCUT2D eigenvalue weighted by Crippen LogP contribution is -2.60. The molecule has 1 aliphatic heterocycles. The van der Waals surface area contributed by atoms with Crippen LogP contribution in [0.25, 0.3) is 0 Å². The predicted octanol–water partition coefficient (Wildman–Crippen LogP) is 22.3. The van der Waals surface area contributed by atoms with E-state index >= 15 is 0 Å². The fraction of sp³-hybridized carbons (Fsp3) is 0.726. The summed E-state index contributed by atoms with van der Waals surface area (Å²) >= 11 is 0. The summed E-state index contributed by atoms with van der Waals surface area (Å²) in [6, 6.07) is -0.832. The van der Waals surface area contributed by atoms with Crippen LogP contribution in [0.15, 0.2) is 134 Å². The molecule has 0 radical (unpaired) electrons. The van der Waals surface area contributed by atoms with Crippen molar-refractivity contribution in [2.24, 2.45) is 0 Å². The second kappa shape index (κ2) is 71.1. The smallest absolute Gasteiger partial charge is 0.220 e. The van der Waals surface area contributed by atoms with Crippen molar-refractivity contribution < 1.29 is 39.8 Å². The first-order chi connectivity index (χ1) is 45.8. The third kappa shape index (κ3) is 59.3. The molecule has 1 amide bonds. The van der Waals surface area contributed by atoms with Crippen molar-refractivity contribution in [2.45, 2.75) is 378 Å². The molecule has 1 saturated heterocycles. The Morgan fingerprint density at radius 2 is 0.677 bits per heavy atom. The number of unbranched alkanes of at least 4 members (excludes halogenated alkanes) is 37. The van der Waals surface area contributed by atoms with Gasteiger partial charge in [0.15, 0.2) is 6.29 Å². The van der Waals surface area contributed by atoms with Gasteiger partial charge in [0.05, 0.1) is 25.4 Å². The van der Waals surface area contributed by atoms with Crippen molar-refractivity contribution in [2.75, 3.05) is 13.2 Å². The van der Waals surface area contributed by atoms with Crippen molar-refractivity contribution in [1.82, 2.24) is 5.32 Å². The Morgan fingerprint density at radius 1 is 0.376 bits per heavy atom. The second-order valence-corrected chi connectivity index (χ2v) is 26.4. The number of allylic oxidation sites excluding steroid dienone is 21. The van der Waals surface area contributed by atoms with Crippen LogP contribution in [-0.4, -0.2) is 87.5 Å². The van der Waals surface area contributed by atoms with E-state index in [0.717, 1.165) is 96.3 Å². The normalized spacial score (nSPS) is 18.4. The highest BCUT2D eigenvalue weighted by Gasteiger charge is 2.44. The number of carbonyl (C=O) groups is 1. The first kappa shape index (κ1) is 87.3. The van der Waals surface area contributed by atoms with Crippen LogP contribution in [0.4, 0.5) is 0 Å². The number of nitrogens with one attached hydrogen (secondary N) is 1. The fourth-order valence-corrected chi connectivity index (χ4v) is 11.7. The van der Waals surface area contributed by atoms with Gasteiger partial charge < -0.3 is 40.3 Å². The summed E-state index contributed by atoms with van der Waals surface area (Å²) in [7, 11) is 0. The van der Waals surface area contributed by atoms with Gasteiger partial charge in [-0.3, -0.25) is 4.79 Å². The molecule has 0 aromatic rings. The van der Waals surface area contributed by atoms with Crippen molar-refractivity contribution in [1.29, 1.82) is 0 Å². The Hall–Kier alpha value is -3.67. The van der Waals surface area contributed by atoms with E-state index in [9.17, 15) is 30.3 Å². The van der Waals surface area contributed by atoms with E-state index in [4.69, 9.17) is 9.47 Å². The number of aliphatic hydroxyl groups is 5. The van der Waals surface area contributed by atoms with E-state index in [0.29, 0.717) is 6.42 Å². The summed E-state index contributed by atoms with van der Waals surface area (Å²) in [6.07, 6.45) is 102. The van der Waals surface area contributed by atoms with Crippen LogP contribution in [-0.2, 0) is 14.3 Å². The van der Waals surface area contributed by atoms with Gasteiger partial charge >= 0.3 is 0 Å². The summed E-state index contributed by atoms with van der Waals surface area (Å²) in [4.78, 5) is 13.2. The number of hydrogen-bond donors (Lipinski definition) is 6. The van der Waals surface area contributed by atoms with Crippen LogP contribution in [0, 0.1) is 0 Å². The molecule has 6 N–H and O–H groups in total. The van der Waals surface area contributed by atoms with E-state index in [-0.39, 0.29) is 12.5 Å². The number of rotatable bonds is 67. The third-order valence-electron chi connectivity index (χ3n) is 17.7. The SMILES string of the molecule is CC/C=C\C/C=C\C/C=C\C/C=C\C/C=C\C/C=C\C/C=C\C/C=C\C/C=C\CCCCCCCCCCCCCCCC(=O)NC(COC1OC(CO)C(O)C(O)C1O)C(O)/C=C/CC/C=C/CCCCCCCCCCCCCCCCCCCCCCCCC. The average molecular weight is 1300 g/mol. The molecule has 0 bridgehead atoms. The Bertz CT molecular complexity index is 1940. The summed E-state index contributed by atoms with van der Waals surface area (Å²) < 4.78 is 11.3. The molecule has 0 aromatic carbocycles. The van der Waals surface area contributed by atoms with Gasteiger partial charge in [0.25, 0.3) is 0 Å². The molecule has 9 heteroatoms. The fourth-order valence-electron chi connectivity index (χ4n) is 11.7. The Labute approximate surface area is 572 Å². The molecular weight excluding hydrogens is 1150 g/mol. The topological polar surface area (TPSA) is 149 Å². The molecule has 7 atom stereocenters. The molecule has 0 aromatic heterocycles. The van der Waals surface area contributed by atoms with Gasteiger partial charge in [0.2, 0.25) is 5.91 Å². The van der Waals surface area contributed by atoms with Crippen molar-refractivity contribution in [3.8, 4) is 0 Å². The number of amides is 1. The first-order valence-corrected chi connectivity index (χ1v) is 38.9. The van der Waals surface area contributed by atoms with E-state index in [1.807, 2.05) is 6.08 Å². The predicted molar refractivity (Wildman–Crippen MR) is 400 cm³/mol. The molecule has 0 aliphatic carbocycles. The average Bonchev–Trinajstić information content (AvgIpc) is 1.00. The van der Waals surface area contributed by atoms with E-state index < -0.39 is 49.5 Å². The summed E-state index contributed by atoms with van der Waals surface area (Å²) in [6.45, 7) is 3.68. The molecule has 534 valence electrons. The van der Waals surface area contributed by atoms with Gasteiger partial charge in [-0.05, 0) is 103 Å². The van der Waals surface area contributed by atoms with Crippen molar-refractivity contribution in [3.63, 3.8) is 0 Å². The minimum Gasteiger partial charge on any atom is -0.394 e. The zero-order valence-corrected chi connectivity index (χ0v) is 60.0. The molecule has 1 heterocycles. The number of carbonyl (C=O) groups excluding carboxylic acids is 1. The third-order valence-corrected chi connectivity index (χ3v) is 17.7. The molecule has 1 rings (SSSR count). The largest absolute Gasteiger partial charge is 0.394 e. The lowest BCUT2D eigenvalue weighted by atomic mass is 9.99. The minimum absolute atomic E-state index is 0.189. The summed E-state index contributed by atoms with van der Waals surface area (Å²) in [5.41, 5.74) is 0. The van der Waals surface area contributed by atoms with Crippen molar-refractivity contribution >= 4 is 5.91 Å². The maximum Gasteiger partial charge on any atom is 0.220 e. The number of ether oxygens (including phenoxy) is 2. The molecule has 9 nitrogen and oxygen atoms in total. The monoisotopic (exact) mass is 1300 g/mol. The van der Waals surface area contributed by atoms with Crippen molar-refractivity contribution in [3.05, 3.63) is 134 Å². The lowest BCUT2D eigenvalue weighted by Gasteiger charge is -2.40. The molecule has 0 spiro atoms. The highest BCUT2D eigenvalue weighted by molar-refractivity contribution is 5.76. The summed E-state index contributed by atoms with van der Waals surface area (Å²) in [5.74, 6) is -0.189. The van der Waals surface area contributed by atoms with Crippen LogP contribution in [0.3, 0.4) is 0 Å². The van der Waals surface area contributed by atoms with E-state index in [2.05, 4.69) is 141 Å². The van der Waals surface area contributed by atoms with Crippen LogP contribution >= 0.6 is 0 Å². The molecule has 1 fully saturated rings. The highest BCUT2D eigenvalue weighted by atomic mass is 16.7. The van der Waals surface area contributed by atoms with Gasteiger partial charge in [-0.2, -0.15) is 0 Å². The van der Waals surface area contributed by atoms with Gasteiger partial charge in [0.1, 0.15) is 24.4 Å². The number of aliphatic hydroxyl groups excluding tert-OH is 5. The highest BCUT2D eigenvalue weighted by Crippen LogP contribution is 2.23. The zero-order chi connectivity index (χ0) is 67.1. The summed E-state index contributed by atoms with van der Waals surface area (Å²) in [5, 5.41) is 54.9.